The van der Waals surface area contributed by atoms with Gasteiger partial charge in [-0.05, 0) is 25.5 Å². The molecule has 0 saturated carbocycles. The van der Waals surface area contributed by atoms with Crippen LogP contribution in [-0.2, 0) is 11.2 Å². The van der Waals surface area contributed by atoms with Crippen molar-refractivity contribution in [3.05, 3.63) is 120 Å². The van der Waals surface area contributed by atoms with Gasteiger partial charge in [-0.1, -0.05) is 54.6 Å². The fraction of sp³-hybridized carbons (Fsp3) is 0.161. The monoisotopic (exact) mass is 532 g/mol. The van der Waals surface area contributed by atoms with Gasteiger partial charge in [-0.2, -0.15) is 0 Å². The van der Waals surface area contributed by atoms with Crippen molar-refractivity contribution < 1.29 is 14.4 Å². The van der Waals surface area contributed by atoms with E-state index in [-0.39, 0.29) is 24.0 Å². The lowest BCUT2D eigenvalue weighted by Crippen LogP contribution is -2.37. The Kier molecular flexibility index (Phi) is 7.46. The molecule has 0 radical (unpaired) electrons. The van der Waals surface area contributed by atoms with Gasteiger partial charge in [0.1, 0.15) is 18.0 Å². The maximum atomic E-state index is 13.5. The summed E-state index contributed by atoms with van der Waals surface area (Å²) in [6.45, 7) is 4.03. The molecule has 9 heteroatoms. The number of benzene rings is 2. The number of carbonyl (C=O) groups excluding carboxylic acids is 3. The van der Waals surface area contributed by atoms with Gasteiger partial charge in [0.2, 0.25) is 5.91 Å². The minimum atomic E-state index is -0.765. The molecule has 5 aromatic rings. The van der Waals surface area contributed by atoms with Crippen LogP contribution >= 0.6 is 0 Å². The molecule has 1 amide bonds. The fourth-order valence-electron chi connectivity index (χ4n) is 4.57. The number of hydrogen-bond acceptors (Lipinski definition) is 7. The Hall–Kier alpha value is -5.18. The zero-order valence-electron chi connectivity index (χ0n) is 22.1. The zero-order valence-corrected chi connectivity index (χ0v) is 22.1. The second-order valence-corrected chi connectivity index (χ2v) is 9.79. The number of amides is 1. The van der Waals surface area contributed by atoms with E-state index in [9.17, 15) is 14.4 Å². The number of nitrogens with two attached hydrogens (primary N) is 1. The lowest BCUT2D eigenvalue weighted by Gasteiger charge is -2.17. The van der Waals surface area contributed by atoms with Crippen LogP contribution in [0.25, 0.3) is 11.0 Å². The van der Waals surface area contributed by atoms with E-state index in [0.29, 0.717) is 39.0 Å². The fourth-order valence-corrected chi connectivity index (χ4v) is 4.57. The topological polar surface area (TPSA) is 133 Å². The first kappa shape index (κ1) is 26.4. The standard InChI is InChI=1S/C31H28N6O3/c1-19(2)37-17-26(25-16-34-18-35-31(25)37)29(39)23-13-24(15-33-14-23)36-27(30(32)40)12-20-8-10-22(11-9-20)28(38)21-6-4-3-5-7-21/h3-11,13-19,27,36H,12H2,1-2H3,(H2,32,40)/t27-/m0/s1. The summed E-state index contributed by atoms with van der Waals surface area (Å²) in [6.07, 6.45) is 8.18. The quantitative estimate of drug-likeness (QED) is 0.255. The number of carbonyl (C=O) groups is 3. The number of aromatic nitrogens is 4. The summed E-state index contributed by atoms with van der Waals surface area (Å²) in [5.74, 6) is -0.865. The lowest BCUT2D eigenvalue weighted by molar-refractivity contribution is -0.118. The largest absolute Gasteiger partial charge is 0.372 e. The van der Waals surface area contributed by atoms with Crippen LogP contribution in [0.15, 0.2) is 91.8 Å². The van der Waals surface area contributed by atoms with Crippen LogP contribution in [0.4, 0.5) is 5.69 Å². The molecule has 0 aliphatic heterocycles. The first-order chi connectivity index (χ1) is 19.3. The van der Waals surface area contributed by atoms with Gasteiger partial charge < -0.3 is 15.6 Å². The summed E-state index contributed by atoms with van der Waals surface area (Å²) in [7, 11) is 0. The number of fused-ring (bicyclic) bond motifs is 1. The third kappa shape index (κ3) is 5.49. The number of pyridine rings is 1. The number of primary amides is 1. The van der Waals surface area contributed by atoms with Gasteiger partial charge in [-0.3, -0.25) is 19.4 Å². The van der Waals surface area contributed by atoms with Gasteiger partial charge in [-0.25, -0.2) is 9.97 Å². The van der Waals surface area contributed by atoms with Crippen LogP contribution in [0.5, 0.6) is 0 Å². The Labute approximate surface area is 231 Å². The van der Waals surface area contributed by atoms with Gasteiger partial charge in [0.15, 0.2) is 11.6 Å². The molecule has 0 bridgehead atoms. The number of ketones is 2. The summed E-state index contributed by atoms with van der Waals surface area (Å²) in [4.78, 5) is 51.2. The van der Waals surface area contributed by atoms with Gasteiger partial charge >= 0.3 is 0 Å². The molecule has 0 spiro atoms. The lowest BCUT2D eigenvalue weighted by atomic mass is 9.99. The molecule has 0 aliphatic rings. The van der Waals surface area contributed by atoms with E-state index in [1.807, 2.05) is 36.6 Å². The first-order valence-corrected chi connectivity index (χ1v) is 12.9. The molecule has 40 heavy (non-hydrogen) atoms. The predicted octanol–water partition coefficient (Wildman–Crippen LogP) is 4.38. The molecule has 0 unspecified atom stereocenters. The molecule has 3 heterocycles. The Morgan fingerprint density at radius 3 is 2.30 bits per heavy atom. The third-order valence-electron chi connectivity index (χ3n) is 6.67. The van der Waals surface area contributed by atoms with Crippen LogP contribution < -0.4 is 11.1 Å². The molecule has 9 nitrogen and oxygen atoms in total. The number of anilines is 1. The molecule has 0 fully saturated rings. The van der Waals surface area contributed by atoms with Crippen molar-refractivity contribution in [3.8, 4) is 0 Å². The Balaban J connectivity index is 1.34. The third-order valence-corrected chi connectivity index (χ3v) is 6.67. The van der Waals surface area contributed by atoms with Crippen LogP contribution in [0, 0.1) is 0 Å². The van der Waals surface area contributed by atoms with E-state index < -0.39 is 11.9 Å². The second-order valence-electron chi connectivity index (χ2n) is 9.79. The molecule has 3 aromatic heterocycles. The molecule has 3 N–H and O–H groups in total. The number of rotatable bonds is 10. The Morgan fingerprint density at radius 2 is 1.60 bits per heavy atom. The molecule has 0 saturated heterocycles. The van der Waals surface area contributed by atoms with Crippen molar-refractivity contribution >= 4 is 34.2 Å². The maximum absolute atomic E-state index is 13.5. The maximum Gasteiger partial charge on any atom is 0.240 e. The SMILES string of the molecule is CC(C)n1cc(C(=O)c2cncc(N[C@@H](Cc3ccc(C(=O)c4ccccc4)cc3)C(N)=O)c2)c2cncnc21. The minimum Gasteiger partial charge on any atom is -0.372 e. The number of hydrogen-bond donors (Lipinski definition) is 2. The van der Waals surface area contributed by atoms with E-state index in [4.69, 9.17) is 5.73 Å². The second kappa shape index (κ2) is 11.3. The van der Waals surface area contributed by atoms with Crippen LogP contribution in [0.1, 0.15) is 57.3 Å². The van der Waals surface area contributed by atoms with Crippen molar-refractivity contribution in [2.24, 2.45) is 5.73 Å². The highest BCUT2D eigenvalue weighted by Crippen LogP contribution is 2.25. The average molecular weight is 533 g/mol. The van der Waals surface area contributed by atoms with E-state index >= 15 is 0 Å². The van der Waals surface area contributed by atoms with Gasteiger partial charge in [0.05, 0.1) is 11.3 Å². The highest BCUT2D eigenvalue weighted by Gasteiger charge is 2.21. The van der Waals surface area contributed by atoms with E-state index in [2.05, 4.69) is 20.3 Å². The van der Waals surface area contributed by atoms with Crippen LogP contribution in [0.2, 0.25) is 0 Å². The van der Waals surface area contributed by atoms with Crippen molar-refractivity contribution in [2.45, 2.75) is 32.4 Å². The van der Waals surface area contributed by atoms with Crippen LogP contribution in [0.3, 0.4) is 0 Å². The normalized spacial score (nSPS) is 11.9. The van der Waals surface area contributed by atoms with Crippen molar-refractivity contribution in [1.82, 2.24) is 19.5 Å². The molecular weight excluding hydrogens is 504 g/mol. The summed E-state index contributed by atoms with van der Waals surface area (Å²) in [5, 5.41) is 3.77. The number of nitrogens with zero attached hydrogens (tertiary/aromatic N) is 4. The zero-order chi connectivity index (χ0) is 28.2. The average Bonchev–Trinajstić information content (AvgIpc) is 3.37. The summed E-state index contributed by atoms with van der Waals surface area (Å²) >= 11 is 0. The van der Waals surface area contributed by atoms with Gasteiger partial charge in [0, 0.05) is 59.3 Å². The van der Waals surface area contributed by atoms with Crippen molar-refractivity contribution in [3.63, 3.8) is 0 Å². The highest BCUT2D eigenvalue weighted by atomic mass is 16.1. The van der Waals surface area contributed by atoms with Gasteiger partial charge in [0.25, 0.3) is 0 Å². The summed E-state index contributed by atoms with van der Waals surface area (Å²) in [6, 6.07) is 17.1. The Bertz CT molecular complexity index is 1690. The Morgan fingerprint density at radius 1 is 0.875 bits per heavy atom. The molecule has 1 atom stereocenters. The molecule has 2 aromatic carbocycles. The van der Waals surface area contributed by atoms with E-state index in [1.165, 1.54) is 18.7 Å². The molecular formula is C31H28N6O3. The summed E-state index contributed by atoms with van der Waals surface area (Å²) < 4.78 is 1.93. The van der Waals surface area contributed by atoms with Crippen molar-refractivity contribution in [2.75, 3.05) is 5.32 Å². The first-order valence-electron chi connectivity index (χ1n) is 12.9. The van der Waals surface area contributed by atoms with Crippen LogP contribution in [-0.4, -0.2) is 43.0 Å². The summed E-state index contributed by atoms with van der Waals surface area (Å²) in [5.41, 5.74) is 9.68. The molecule has 5 rings (SSSR count). The smallest absolute Gasteiger partial charge is 0.240 e. The van der Waals surface area contributed by atoms with E-state index in [1.54, 1.807) is 54.9 Å². The predicted molar refractivity (Wildman–Crippen MR) is 152 cm³/mol. The van der Waals surface area contributed by atoms with Crippen molar-refractivity contribution in [1.29, 1.82) is 0 Å². The van der Waals surface area contributed by atoms with E-state index in [0.717, 1.165) is 5.56 Å². The van der Waals surface area contributed by atoms with Gasteiger partial charge in [-0.15, -0.1) is 0 Å². The molecule has 200 valence electrons. The molecule has 0 aliphatic carbocycles. The number of nitrogens with one attached hydrogen (secondary N) is 1. The minimum absolute atomic E-state index is 0.0765. The highest BCUT2D eigenvalue weighted by molar-refractivity contribution is 6.16.